The van der Waals surface area contributed by atoms with E-state index >= 15 is 0 Å². The third-order valence-electron chi connectivity index (χ3n) is 3.57. The maximum Gasteiger partial charge on any atom is 0.247 e. The first-order valence-electron chi connectivity index (χ1n) is 6.74. The number of H-pyrrole nitrogens is 1. The first-order chi connectivity index (χ1) is 9.72. The van der Waals surface area contributed by atoms with E-state index < -0.39 is 0 Å². The Morgan fingerprint density at radius 3 is 2.80 bits per heavy atom. The fourth-order valence-corrected chi connectivity index (χ4v) is 2.55. The molecular weight excluding hydrogens is 254 g/mol. The van der Waals surface area contributed by atoms with Crippen LogP contribution < -0.4 is 16.6 Å². The molecule has 1 saturated carbocycles. The van der Waals surface area contributed by atoms with Gasteiger partial charge in [0.25, 0.3) is 0 Å². The molecule has 0 unspecified atom stereocenters. The second-order valence-corrected chi connectivity index (χ2v) is 5.11. The molecule has 104 valence electrons. The minimum absolute atomic E-state index is 0.131. The molecule has 4 N–H and O–H groups in total. The fraction of sp³-hybridized carbons (Fsp3) is 0.357. The first-order valence-corrected chi connectivity index (χ1v) is 6.74. The summed E-state index contributed by atoms with van der Waals surface area (Å²) in [5.41, 5.74) is 7.37. The van der Waals surface area contributed by atoms with Crippen molar-refractivity contribution < 1.29 is 0 Å². The normalized spacial score (nSPS) is 21.9. The van der Waals surface area contributed by atoms with Gasteiger partial charge in [-0.1, -0.05) is 0 Å². The Morgan fingerprint density at radius 2 is 2.10 bits per heavy atom. The average Bonchev–Trinajstić information content (AvgIpc) is 2.86. The largest absolute Gasteiger partial charge is 0.365 e. The number of anilines is 1. The van der Waals surface area contributed by atoms with E-state index in [1.54, 1.807) is 24.7 Å². The summed E-state index contributed by atoms with van der Waals surface area (Å²) in [6, 6.07) is 3.83. The van der Waals surface area contributed by atoms with E-state index in [0.717, 1.165) is 36.3 Å². The fourth-order valence-electron chi connectivity index (χ4n) is 2.55. The Morgan fingerprint density at radius 1 is 1.25 bits per heavy atom. The van der Waals surface area contributed by atoms with Crippen LogP contribution in [0.5, 0.6) is 0 Å². The Hall–Kier alpha value is -2.21. The van der Waals surface area contributed by atoms with Crippen molar-refractivity contribution in [3.05, 3.63) is 41.1 Å². The number of hydrogen-bond donors (Lipinski definition) is 3. The van der Waals surface area contributed by atoms with E-state index in [1.165, 1.54) is 6.07 Å². The van der Waals surface area contributed by atoms with E-state index in [4.69, 9.17) is 5.73 Å². The van der Waals surface area contributed by atoms with Gasteiger partial charge in [-0.05, 0) is 25.3 Å². The second kappa shape index (κ2) is 5.42. The van der Waals surface area contributed by atoms with Crippen LogP contribution in [0.1, 0.15) is 19.3 Å². The number of nitrogens with zero attached hydrogens (tertiary/aromatic N) is 2. The van der Waals surface area contributed by atoms with Gasteiger partial charge in [-0.3, -0.25) is 9.78 Å². The van der Waals surface area contributed by atoms with Crippen molar-refractivity contribution in [3.8, 4) is 11.3 Å². The highest BCUT2D eigenvalue weighted by atomic mass is 16.1. The minimum atomic E-state index is -0.131. The molecule has 2 aromatic heterocycles. The molecule has 1 aliphatic rings. The van der Waals surface area contributed by atoms with Crippen LogP contribution in [0.25, 0.3) is 11.3 Å². The van der Waals surface area contributed by atoms with Crippen molar-refractivity contribution in [1.82, 2.24) is 15.0 Å². The SMILES string of the molecule is N[C@H]1CC[C@H](Nc2nccnc2-c2ccc(=O)[nH]c2)C1. The molecule has 0 bridgehead atoms. The van der Waals surface area contributed by atoms with Gasteiger partial charge >= 0.3 is 0 Å². The predicted molar refractivity (Wildman–Crippen MR) is 77.3 cm³/mol. The highest BCUT2D eigenvalue weighted by molar-refractivity contribution is 5.70. The maximum atomic E-state index is 11.1. The predicted octanol–water partition coefficient (Wildman–Crippen LogP) is 1.12. The molecular formula is C14H17N5O. The second-order valence-electron chi connectivity index (χ2n) is 5.11. The topological polar surface area (TPSA) is 96.7 Å². The van der Waals surface area contributed by atoms with Crippen molar-refractivity contribution in [1.29, 1.82) is 0 Å². The zero-order valence-electron chi connectivity index (χ0n) is 11.0. The zero-order valence-corrected chi connectivity index (χ0v) is 11.0. The molecule has 3 rings (SSSR count). The van der Waals surface area contributed by atoms with Gasteiger partial charge < -0.3 is 16.0 Å². The van der Waals surface area contributed by atoms with Crippen molar-refractivity contribution in [3.63, 3.8) is 0 Å². The summed E-state index contributed by atoms with van der Waals surface area (Å²) in [4.78, 5) is 22.5. The number of hydrogen-bond acceptors (Lipinski definition) is 5. The van der Waals surface area contributed by atoms with Crippen LogP contribution >= 0.6 is 0 Å². The zero-order chi connectivity index (χ0) is 13.9. The molecule has 0 aliphatic heterocycles. The highest BCUT2D eigenvalue weighted by Gasteiger charge is 2.23. The van der Waals surface area contributed by atoms with Gasteiger partial charge in [-0.15, -0.1) is 0 Å². The molecule has 6 heteroatoms. The molecule has 2 aromatic rings. The number of nitrogens with two attached hydrogens (primary N) is 1. The molecule has 0 aromatic carbocycles. The van der Waals surface area contributed by atoms with E-state index in [2.05, 4.69) is 20.3 Å². The Labute approximate surface area is 116 Å². The molecule has 2 atom stereocenters. The molecule has 20 heavy (non-hydrogen) atoms. The smallest absolute Gasteiger partial charge is 0.247 e. The molecule has 0 radical (unpaired) electrons. The van der Waals surface area contributed by atoms with Crippen LogP contribution in [0, 0.1) is 0 Å². The molecule has 0 amide bonds. The van der Waals surface area contributed by atoms with Gasteiger partial charge in [-0.2, -0.15) is 0 Å². The number of rotatable bonds is 3. The number of aromatic amines is 1. The van der Waals surface area contributed by atoms with Crippen LogP contribution in [0.15, 0.2) is 35.5 Å². The van der Waals surface area contributed by atoms with Gasteiger partial charge in [0.15, 0.2) is 5.82 Å². The summed E-state index contributed by atoms with van der Waals surface area (Å²) in [5.74, 6) is 0.735. The third kappa shape index (κ3) is 2.70. The van der Waals surface area contributed by atoms with Crippen LogP contribution in [-0.4, -0.2) is 27.0 Å². The van der Waals surface area contributed by atoms with Crippen LogP contribution in [0.4, 0.5) is 5.82 Å². The van der Waals surface area contributed by atoms with E-state index in [1.807, 2.05) is 0 Å². The van der Waals surface area contributed by atoms with Crippen molar-refractivity contribution in [2.24, 2.45) is 5.73 Å². The minimum Gasteiger partial charge on any atom is -0.365 e. The van der Waals surface area contributed by atoms with Crippen LogP contribution in [-0.2, 0) is 0 Å². The summed E-state index contributed by atoms with van der Waals surface area (Å²) in [5, 5.41) is 3.41. The summed E-state index contributed by atoms with van der Waals surface area (Å²) in [6.07, 6.45) is 7.98. The first kappa shape index (κ1) is 12.8. The lowest BCUT2D eigenvalue weighted by atomic mass is 10.2. The summed E-state index contributed by atoms with van der Waals surface area (Å²) < 4.78 is 0. The lowest BCUT2D eigenvalue weighted by molar-refractivity contribution is 0.686. The molecule has 1 aliphatic carbocycles. The Kier molecular flexibility index (Phi) is 3.47. The van der Waals surface area contributed by atoms with Crippen molar-refractivity contribution in [2.75, 3.05) is 5.32 Å². The van der Waals surface area contributed by atoms with E-state index in [9.17, 15) is 4.79 Å². The van der Waals surface area contributed by atoms with Crippen LogP contribution in [0.2, 0.25) is 0 Å². The van der Waals surface area contributed by atoms with Gasteiger partial charge in [0, 0.05) is 42.3 Å². The van der Waals surface area contributed by atoms with Gasteiger partial charge in [0.2, 0.25) is 5.56 Å². The lowest BCUT2D eigenvalue weighted by Gasteiger charge is -2.15. The number of pyridine rings is 1. The van der Waals surface area contributed by atoms with Crippen LogP contribution in [0.3, 0.4) is 0 Å². The van der Waals surface area contributed by atoms with Gasteiger partial charge in [0.1, 0.15) is 5.69 Å². The lowest BCUT2D eigenvalue weighted by Crippen LogP contribution is -2.21. The third-order valence-corrected chi connectivity index (χ3v) is 3.57. The Bertz CT molecular complexity index is 634. The van der Waals surface area contributed by atoms with Crippen molar-refractivity contribution >= 4 is 5.82 Å². The molecule has 1 fully saturated rings. The van der Waals surface area contributed by atoms with Gasteiger partial charge in [-0.25, -0.2) is 4.98 Å². The summed E-state index contributed by atoms with van der Waals surface area (Å²) in [6.45, 7) is 0. The van der Waals surface area contributed by atoms with E-state index in [0.29, 0.717) is 6.04 Å². The monoisotopic (exact) mass is 271 g/mol. The van der Waals surface area contributed by atoms with E-state index in [-0.39, 0.29) is 11.6 Å². The maximum absolute atomic E-state index is 11.1. The van der Waals surface area contributed by atoms with Gasteiger partial charge in [0.05, 0.1) is 0 Å². The quantitative estimate of drug-likeness (QED) is 0.777. The number of nitrogens with one attached hydrogen (secondary N) is 2. The number of aromatic nitrogens is 3. The molecule has 0 spiro atoms. The summed E-state index contributed by atoms with van der Waals surface area (Å²) in [7, 11) is 0. The summed E-state index contributed by atoms with van der Waals surface area (Å²) >= 11 is 0. The molecule has 2 heterocycles. The van der Waals surface area contributed by atoms with Crippen molar-refractivity contribution in [2.45, 2.75) is 31.3 Å². The average molecular weight is 271 g/mol. The standard InChI is InChI=1S/C14H17N5O/c15-10-2-3-11(7-10)19-14-13(16-5-6-17-14)9-1-4-12(20)18-8-9/h1,4-6,8,10-11H,2-3,7,15H2,(H,17,19)(H,18,20)/t10-,11-/m0/s1. The highest BCUT2D eigenvalue weighted by Crippen LogP contribution is 2.26. The molecule has 6 nitrogen and oxygen atoms in total. The Balaban J connectivity index is 1.88. The molecule has 0 saturated heterocycles.